The lowest BCUT2D eigenvalue weighted by atomic mass is 9.89. The normalized spacial score (nSPS) is 23.1. The first-order valence-electron chi connectivity index (χ1n) is 15.9. The largest absolute Gasteiger partial charge is 0.392 e. The van der Waals surface area contributed by atoms with E-state index in [-0.39, 0.29) is 30.6 Å². The summed E-state index contributed by atoms with van der Waals surface area (Å²) in [7, 11) is 0. The number of carbonyl (C=O) groups excluding carboxylic acids is 1. The molecule has 44 heavy (non-hydrogen) atoms. The second kappa shape index (κ2) is 14.4. The Hall–Kier alpha value is -3.69. The summed E-state index contributed by atoms with van der Waals surface area (Å²) in [4.78, 5) is 24.2. The Balaban J connectivity index is 1.15. The molecule has 4 aromatic rings. The molecule has 0 saturated carbocycles. The molecule has 2 saturated heterocycles. The Morgan fingerprint density at radius 2 is 1.52 bits per heavy atom. The number of benzene rings is 3. The minimum atomic E-state index is -0.509. The molecule has 0 radical (unpaired) electrons. The van der Waals surface area contributed by atoms with E-state index in [2.05, 4.69) is 39.2 Å². The highest BCUT2D eigenvalue weighted by molar-refractivity contribution is 5.93. The van der Waals surface area contributed by atoms with E-state index in [1.165, 1.54) is 38.3 Å². The molecule has 0 aliphatic carbocycles. The van der Waals surface area contributed by atoms with Crippen molar-refractivity contribution in [3.8, 4) is 0 Å². The van der Waals surface area contributed by atoms with Gasteiger partial charge in [0, 0.05) is 24.6 Å². The third-order valence-electron chi connectivity index (χ3n) is 8.90. The van der Waals surface area contributed by atoms with Crippen LogP contribution in [0.5, 0.6) is 0 Å². The van der Waals surface area contributed by atoms with E-state index < -0.39 is 6.29 Å². The maximum Gasteiger partial charge on any atom is 0.271 e. The number of hydrogen-bond donors (Lipinski definition) is 2. The van der Waals surface area contributed by atoms with Gasteiger partial charge in [0.2, 0.25) is 0 Å². The number of aliphatic hydroxyl groups excluding tert-OH is 1. The fourth-order valence-corrected chi connectivity index (χ4v) is 6.21. The zero-order valence-electron chi connectivity index (χ0n) is 25.4. The summed E-state index contributed by atoms with van der Waals surface area (Å²) < 4.78 is 13.3. The molecule has 1 aromatic heterocycles. The molecule has 8 heteroatoms. The van der Waals surface area contributed by atoms with Gasteiger partial charge in [0.15, 0.2) is 6.29 Å². The summed E-state index contributed by atoms with van der Waals surface area (Å²) in [5.41, 5.74) is 5.64. The van der Waals surface area contributed by atoms with Crippen molar-refractivity contribution in [2.45, 2.75) is 70.7 Å². The fourth-order valence-electron chi connectivity index (χ4n) is 6.21. The van der Waals surface area contributed by atoms with Crippen LogP contribution in [0.4, 0.5) is 0 Å². The van der Waals surface area contributed by atoms with Gasteiger partial charge < -0.3 is 24.8 Å². The van der Waals surface area contributed by atoms with Crippen LogP contribution in [0, 0.1) is 5.92 Å². The Bertz CT molecular complexity index is 1520. The quantitative estimate of drug-likeness (QED) is 0.254. The third kappa shape index (κ3) is 7.33. The number of aromatic nitrogens is 2. The lowest BCUT2D eigenvalue weighted by Crippen LogP contribution is -2.45. The van der Waals surface area contributed by atoms with Crippen molar-refractivity contribution in [3.05, 3.63) is 107 Å². The first-order valence-corrected chi connectivity index (χ1v) is 15.9. The van der Waals surface area contributed by atoms with Crippen molar-refractivity contribution in [2.75, 3.05) is 19.6 Å². The van der Waals surface area contributed by atoms with Crippen LogP contribution < -0.4 is 5.32 Å². The summed E-state index contributed by atoms with van der Waals surface area (Å²) in [6, 6.07) is 23.6. The summed E-state index contributed by atoms with van der Waals surface area (Å²) >= 11 is 0. The second-order valence-corrected chi connectivity index (χ2v) is 12.1. The van der Waals surface area contributed by atoms with Crippen molar-refractivity contribution in [1.29, 1.82) is 0 Å². The second-order valence-electron chi connectivity index (χ2n) is 12.1. The number of rotatable bonds is 8. The van der Waals surface area contributed by atoms with E-state index >= 15 is 0 Å². The Kier molecular flexibility index (Phi) is 9.93. The van der Waals surface area contributed by atoms with Crippen LogP contribution in [0.15, 0.2) is 79.0 Å². The number of ether oxygens (including phenoxy) is 2. The van der Waals surface area contributed by atoms with Crippen molar-refractivity contribution in [3.63, 3.8) is 0 Å². The number of para-hydroxylation sites is 2. The number of carbonyl (C=O) groups is 1. The van der Waals surface area contributed by atoms with Gasteiger partial charge in [-0.2, -0.15) is 0 Å². The van der Waals surface area contributed by atoms with E-state index in [1.807, 2.05) is 60.7 Å². The summed E-state index contributed by atoms with van der Waals surface area (Å²) in [6.45, 7) is 5.72. The van der Waals surface area contributed by atoms with E-state index in [0.29, 0.717) is 17.8 Å². The van der Waals surface area contributed by atoms with Crippen LogP contribution in [0.3, 0.4) is 0 Å². The maximum atomic E-state index is 12.8. The van der Waals surface area contributed by atoms with Gasteiger partial charge in [0.1, 0.15) is 5.69 Å². The molecular weight excluding hydrogens is 552 g/mol. The number of amides is 1. The van der Waals surface area contributed by atoms with Crippen LogP contribution in [-0.4, -0.2) is 51.6 Å². The van der Waals surface area contributed by atoms with Gasteiger partial charge in [-0.15, -0.1) is 0 Å². The van der Waals surface area contributed by atoms with Gasteiger partial charge in [-0.1, -0.05) is 86.8 Å². The SMILES string of the molecule is C[C@@H]1[C@H](CN2CCCCCCC2)O[C@H](c2ccc(CNC(=O)c3cnc4ccccc4n3)cc2)O[C@@H]1c1ccc(CO)cc1. The van der Waals surface area contributed by atoms with Crippen LogP contribution in [0.25, 0.3) is 11.0 Å². The number of nitrogens with zero attached hydrogens (tertiary/aromatic N) is 3. The topological polar surface area (TPSA) is 96.8 Å². The van der Waals surface area contributed by atoms with Crippen molar-refractivity contribution in [1.82, 2.24) is 20.2 Å². The van der Waals surface area contributed by atoms with E-state index in [4.69, 9.17) is 9.47 Å². The predicted octanol–water partition coefficient (Wildman–Crippen LogP) is 6.11. The number of hydrogen-bond acceptors (Lipinski definition) is 7. The van der Waals surface area contributed by atoms with Gasteiger partial charge in [-0.3, -0.25) is 9.78 Å². The van der Waals surface area contributed by atoms with Gasteiger partial charge in [-0.25, -0.2) is 4.98 Å². The lowest BCUT2D eigenvalue weighted by Gasteiger charge is -2.43. The molecule has 2 fully saturated rings. The molecule has 2 N–H and O–H groups in total. The molecule has 3 heterocycles. The highest BCUT2D eigenvalue weighted by atomic mass is 16.7. The molecule has 2 aliphatic rings. The van der Waals surface area contributed by atoms with Crippen molar-refractivity contribution in [2.24, 2.45) is 5.92 Å². The summed E-state index contributed by atoms with van der Waals surface area (Å²) in [5.74, 6) is -0.105. The van der Waals surface area contributed by atoms with Crippen LogP contribution in [0.1, 0.15) is 84.2 Å². The van der Waals surface area contributed by atoms with Gasteiger partial charge in [-0.05, 0) is 54.8 Å². The summed E-state index contributed by atoms with van der Waals surface area (Å²) in [5, 5.41) is 12.5. The molecule has 6 rings (SSSR count). The third-order valence-corrected chi connectivity index (χ3v) is 8.90. The molecule has 230 valence electrons. The standard InChI is InChI=1S/C36H42N4O4/c1-25-33(23-40-19-7-3-2-4-8-20-40)43-36(44-34(25)28-15-13-27(24-41)14-16-28)29-17-11-26(12-18-29)21-38-35(42)32-22-37-30-9-5-6-10-31(30)39-32/h5-6,9-18,22,25,33-34,36,41H,2-4,7-8,19-21,23-24H2,1H3,(H,38,42)/t25-,33+,34+,36+/m1/s1. The average Bonchev–Trinajstić information content (AvgIpc) is 3.05. The Labute approximate surface area is 259 Å². The highest BCUT2D eigenvalue weighted by Gasteiger charge is 2.39. The molecular formula is C36H42N4O4. The Morgan fingerprint density at radius 1 is 0.864 bits per heavy atom. The van der Waals surface area contributed by atoms with E-state index in [0.717, 1.165) is 47.4 Å². The molecule has 0 spiro atoms. The molecule has 0 unspecified atom stereocenters. The zero-order chi connectivity index (χ0) is 30.3. The maximum absolute atomic E-state index is 12.8. The van der Waals surface area contributed by atoms with Gasteiger partial charge in [0.25, 0.3) is 5.91 Å². The zero-order valence-corrected chi connectivity index (χ0v) is 25.4. The fraction of sp³-hybridized carbons (Fsp3) is 0.417. The van der Waals surface area contributed by atoms with Crippen molar-refractivity contribution < 1.29 is 19.4 Å². The van der Waals surface area contributed by atoms with Gasteiger partial charge >= 0.3 is 0 Å². The molecule has 0 bridgehead atoms. The Morgan fingerprint density at radius 3 is 2.25 bits per heavy atom. The smallest absolute Gasteiger partial charge is 0.271 e. The number of fused-ring (bicyclic) bond motifs is 1. The number of aliphatic hydroxyl groups is 1. The number of likely N-dealkylation sites (tertiary alicyclic amines) is 1. The molecule has 3 aromatic carbocycles. The van der Waals surface area contributed by atoms with E-state index in [1.54, 1.807) is 0 Å². The molecule has 8 nitrogen and oxygen atoms in total. The highest BCUT2D eigenvalue weighted by Crippen LogP contribution is 2.42. The van der Waals surface area contributed by atoms with Crippen LogP contribution in [-0.2, 0) is 22.6 Å². The minimum absolute atomic E-state index is 0.0118. The monoisotopic (exact) mass is 594 g/mol. The van der Waals surface area contributed by atoms with Gasteiger partial charge in [0.05, 0.1) is 36.0 Å². The average molecular weight is 595 g/mol. The lowest BCUT2D eigenvalue weighted by molar-refractivity contribution is -0.276. The minimum Gasteiger partial charge on any atom is -0.392 e. The molecule has 1 amide bonds. The predicted molar refractivity (Wildman–Crippen MR) is 170 cm³/mol. The first kappa shape index (κ1) is 30.3. The molecule has 4 atom stereocenters. The van der Waals surface area contributed by atoms with Crippen LogP contribution in [0.2, 0.25) is 0 Å². The molecule has 2 aliphatic heterocycles. The number of nitrogens with one attached hydrogen (secondary N) is 1. The van der Waals surface area contributed by atoms with Crippen molar-refractivity contribution >= 4 is 16.9 Å². The van der Waals surface area contributed by atoms with Crippen LogP contribution >= 0.6 is 0 Å². The first-order chi connectivity index (χ1) is 21.6. The summed E-state index contributed by atoms with van der Waals surface area (Å²) in [6.07, 6.45) is 7.28. The van der Waals surface area contributed by atoms with E-state index in [9.17, 15) is 9.90 Å².